The molecule has 0 radical (unpaired) electrons. The third-order valence-corrected chi connectivity index (χ3v) is 4.04. The molecule has 3 nitrogen and oxygen atoms in total. The summed E-state index contributed by atoms with van der Waals surface area (Å²) in [4.78, 5) is 12.9. The number of rotatable bonds is 4. The molecule has 1 amide bonds. The quantitative estimate of drug-likeness (QED) is 0.814. The van der Waals surface area contributed by atoms with Crippen molar-refractivity contribution in [3.05, 3.63) is 21.9 Å². The first kappa shape index (κ1) is 10.6. The zero-order valence-corrected chi connectivity index (χ0v) is 9.56. The first-order chi connectivity index (χ1) is 7.18. The zero-order valence-electron chi connectivity index (χ0n) is 8.75. The maximum Gasteiger partial charge on any atom is 0.228 e. The Morgan fingerprint density at radius 2 is 2.40 bits per heavy atom. The monoisotopic (exact) mass is 225 g/mol. The molecule has 1 aromatic rings. The summed E-state index contributed by atoms with van der Waals surface area (Å²) in [6.45, 7) is 2.60. The highest BCUT2D eigenvalue weighted by molar-refractivity contribution is 7.10. The van der Waals surface area contributed by atoms with Crippen molar-refractivity contribution in [3.8, 4) is 0 Å². The van der Waals surface area contributed by atoms with E-state index in [1.807, 2.05) is 18.4 Å². The SMILES string of the molecule is Cc1ccsc1CNC(=O)C1(CO)CC1. The van der Waals surface area contributed by atoms with Crippen LogP contribution in [0.1, 0.15) is 23.3 Å². The standard InChI is InChI=1S/C11H15NO2S/c1-8-2-5-15-9(8)6-12-10(14)11(7-13)3-4-11/h2,5,13H,3-4,6-7H2,1H3,(H,12,14). The summed E-state index contributed by atoms with van der Waals surface area (Å²) in [5, 5.41) is 14.0. The van der Waals surface area contributed by atoms with Crippen LogP contribution in [0.25, 0.3) is 0 Å². The van der Waals surface area contributed by atoms with Gasteiger partial charge in [0.1, 0.15) is 0 Å². The van der Waals surface area contributed by atoms with Crippen molar-refractivity contribution >= 4 is 17.2 Å². The molecule has 1 aliphatic rings. The molecule has 0 bridgehead atoms. The van der Waals surface area contributed by atoms with Crippen LogP contribution in [0.5, 0.6) is 0 Å². The van der Waals surface area contributed by atoms with Gasteiger partial charge in [0, 0.05) is 4.88 Å². The smallest absolute Gasteiger partial charge is 0.228 e. The third kappa shape index (κ3) is 2.06. The Kier molecular flexibility index (Phi) is 2.80. The number of thiophene rings is 1. The summed E-state index contributed by atoms with van der Waals surface area (Å²) in [6, 6.07) is 2.05. The van der Waals surface area contributed by atoms with Gasteiger partial charge in [-0.15, -0.1) is 11.3 Å². The minimum atomic E-state index is -0.453. The van der Waals surface area contributed by atoms with Crippen LogP contribution >= 0.6 is 11.3 Å². The van der Waals surface area contributed by atoms with Gasteiger partial charge in [0.2, 0.25) is 5.91 Å². The fourth-order valence-electron chi connectivity index (χ4n) is 1.54. The number of aryl methyl sites for hydroxylation is 1. The third-order valence-electron chi connectivity index (χ3n) is 3.02. The second-order valence-corrected chi connectivity index (χ2v) is 5.15. The highest BCUT2D eigenvalue weighted by atomic mass is 32.1. The lowest BCUT2D eigenvalue weighted by atomic mass is 10.1. The highest BCUT2D eigenvalue weighted by Gasteiger charge is 2.49. The van der Waals surface area contributed by atoms with Gasteiger partial charge >= 0.3 is 0 Å². The van der Waals surface area contributed by atoms with E-state index in [2.05, 4.69) is 5.32 Å². The molecule has 2 N–H and O–H groups in total. The first-order valence-electron chi connectivity index (χ1n) is 5.10. The molecule has 1 aromatic heterocycles. The van der Waals surface area contributed by atoms with Gasteiger partial charge < -0.3 is 10.4 Å². The van der Waals surface area contributed by atoms with E-state index in [1.54, 1.807) is 11.3 Å². The van der Waals surface area contributed by atoms with E-state index in [-0.39, 0.29) is 12.5 Å². The van der Waals surface area contributed by atoms with Crippen molar-refractivity contribution in [3.63, 3.8) is 0 Å². The Bertz CT molecular complexity index is 368. The van der Waals surface area contributed by atoms with Crippen molar-refractivity contribution in [2.45, 2.75) is 26.3 Å². The molecule has 0 aliphatic heterocycles. The topological polar surface area (TPSA) is 49.3 Å². The molecule has 2 rings (SSSR count). The van der Waals surface area contributed by atoms with Crippen LogP contribution in [0, 0.1) is 12.3 Å². The van der Waals surface area contributed by atoms with E-state index in [1.165, 1.54) is 10.4 Å². The molecule has 0 unspecified atom stereocenters. The van der Waals surface area contributed by atoms with E-state index < -0.39 is 5.41 Å². The summed E-state index contributed by atoms with van der Waals surface area (Å²) in [6.07, 6.45) is 1.64. The largest absolute Gasteiger partial charge is 0.395 e. The summed E-state index contributed by atoms with van der Waals surface area (Å²) in [7, 11) is 0. The van der Waals surface area contributed by atoms with E-state index in [9.17, 15) is 4.79 Å². The summed E-state index contributed by atoms with van der Waals surface area (Å²) in [5.41, 5.74) is 0.764. The summed E-state index contributed by atoms with van der Waals surface area (Å²) in [5.74, 6) is -0.00204. The Labute approximate surface area is 93.1 Å². The zero-order chi connectivity index (χ0) is 10.9. The lowest BCUT2D eigenvalue weighted by Crippen LogP contribution is -2.33. The van der Waals surface area contributed by atoms with Crippen molar-refractivity contribution in [1.29, 1.82) is 0 Å². The van der Waals surface area contributed by atoms with Gasteiger partial charge in [-0.05, 0) is 36.8 Å². The number of carbonyl (C=O) groups is 1. The van der Waals surface area contributed by atoms with Crippen LogP contribution < -0.4 is 5.32 Å². The fraction of sp³-hybridized carbons (Fsp3) is 0.545. The highest BCUT2D eigenvalue weighted by Crippen LogP contribution is 2.45. The predicted molar refractivity (Wildman–Crippen MR) is 59.7 cm³/mol. The number of aliphatic hydroxyl groups excluding tert-OH is 1. The van der Waals surface area contributed by atoms with Gasteiger partial charge in [0.25, 0.3) is 0 Å². The Morgan fingerprint density at radius 3 is 2.87 bits per heavy atom. The molecule has 0 aromatic carbocycles. The number of carbonyl (C=O) groups excluding carboxylic acids is 1. The van der Waals surface area contributed by atoms with Crippen LogP contribution in [0.15, 0.2) is 11.4 Å². The Balaban J connectivity index is 1.89. The molecule has 1 aliphatic carbocycles. The van der Waals surface area contributed by atoms with Gasteiger partial charge in [0.15, 0.2) is 0 Å². The summed E-state index contributed by atoms with van der Waals surface area (Å²) < 4.78 is 0. The van der Waals surface area contributed by atoms with Crippen LogP contribution in [-0.4, -0.2) is 17.6 Å². The Hall–Kier alpha value is -0.870. The second-order valence-electron chi connectivity index (χ2n) is 4.15. The first-order valence-corrected chi connectivity index (χ1v) is 5.98. The van der Waals surface area contributed by atoms with Crippen molar-refractivity contribution in [1.82, 2.24) is 5.32 Å². The van der Waals surface area contributed by atoms with Crippen molar-refractivity contribution in [2.24, 2.45) is 5.41 Å². The van der Waals surface area contributed by atoms with Gasteiger partial charge in [-0.3, -0.25) is 4.79 Å². The summed E-state index contributed by atoms with van der Waals surface area (Å²) >= 11 is 1.65. The van der Waals surface area contributed by atoms with Crippen LogP contribution in [0.2, 0.25) is 0 Å². The molecule has 1 saturated carbocycles. The predicted octanol–water partition coefficient (Wildman–Crippen LogP) is 1.45. The van der Waals surface area contributed by atoms with Crippen LogP contribution in [0.3, 0.4) is 0 Å². The average Bonchev–Trinajstić information content (AvgIpc) is 2.94. The van der Waals surface area contributed by atoms with E-state index in [0.717, 1.165) is 12.8 Å². The lowest BCUT2D eigenvalue weighted by molar-refractivity contribution is -0.127. The lowest BCUT2D eigenvalue weighted by Gasteiger charge is -2.11. The van der Waals surface area contributed by atoms with Gasteiger partial charge in [-0.1, -0.05) is 0 Å². The number of hydrogen-bond acceptors (Lipinski definition) is 3. The Morgan fingerprint density at radius 1 is 1.67 bits per heavy atom. The van der Waals surface area contributed by atoms with Crippen molar-refractivity contribution in [2.75, 3.05) is 6.61 Å². The normalized spacial score (nSPS) is 17.5. The second kappa shape index (κ2) is 3.94. The number of amides is 1. The van der Waals surface area contributed by atoms with Gasteiger partial charge in [0.05, 0.1) is 18.6 Å². The molecular weight excluding hydrogens is 210 g/mol. The average molecular weight is 225 g/mol. The van der Waals surface area contributed by atoms with Gasteiger partial charge in [-0.2, -0.15) is 0 Å². The van der Waals surface area contributed by atoms with E-state index in [4.69, 9.17) is 5.11 Å². The molecule has 1 heterocycles. The molecule has 0 saturated heterocycles. The minimum Gasteiger partial charge on any atom is -0.395 e. The van der Waals surface area contributed by atoms with E-state index >= 15 is 0 Å². The molecule has 4 heteroatoms. The molecular formula is C11H15NO2S. The molecule has 1 fully saturated rings. The maximum atomic E-state index is 11.7. The van der Waals surface area contributed by atoms with Gasteiger partial charge in [-0.25, -0.2) is 0 Å². The molecule has 0 spiro atoms. The van der Waals surface area contributed by atoms with E-state index in [0.29, 0.717) is 6.54 Å². The number of hydrogen-bond donors (Lipinski definition) is 2. The number of nitrogens with one attached hydrogen (secondary N) is 1. The molecule has 82 valence electrons. The molecule has 15 heavy (non-hydrogen) atoms. The number of aliphatic hydroxyl groups is 1. The maximum absolute atomic E-state index is 11.7. The minimum absolute atomic E-state index is 0.00204. The van der Waals surface area contributed by atoms with Crippen LogP contribution in [-0.2, 0) is 11.3 Å². The van der Waals surface area contributed by atoms with Crippen LogP contribution in [0.4, 0.5) is 0 Å². The van der Waals surface area contributed by atoms with Crippen molar-refractivity contribution < 1.29 is 9.90 Å². The molecule has 0 atom stereocenters. The fourth-order valence-corrected chi connectivity index (χ4v) is 2.39.